The van der Waals surface area contributed by atoms with Crippen molar-refractivity contribution in [1.29, 1.82) is 5.26 Å². The number of hydrogen-bond acceptors (Lipinski definition) is 4. The maximum Gasteiger partial charge on any atom is 0.339 e. The van der Waals surface area contributed by atoms with Gasteiger partial charge in [-0.3, -0.25) is 4.79 Å². The van der Waals surface area contributed by atoms with Gasteiger partial charge in [-0.25, -0.2) is 4.79 Å². The van der Waals surface area contributed by atoms with Crippen LogP contribution in [0.3, 0.4) is 0 Å². The van der Waals surface area contributed by atoms with Crippen molar-refractivity contribution in [1.82, 2.24) is 0 Å². The second-order valence-corrected chi connectivity index (χ2v) is 6.32. The van der Waals surface area contributed by atoms with Crippen LogP contribution in [-0.4, -0.2) is 18.5 Å². The van der Waals surface area contributed by atoms with Crippen LogP contribution in [0.1, 0.15) is 43.7 Å². The van der Waals surface area contributed by atoms with Crippen LogP contribution in [0.2, 0.25) is 0 Å². The summed E-state index contributed by atoms with van der Waals surface area (Å²) in [5.41, 5.74) is 6.46. The highest BCUT2D eigenvalue weighted by Crippen LogP contribution is 2.26. The Labute approximate surface area is 153 Å². The van der Waals surface area contributed by atoms with E-state index in [-0.39, 0.29) is 6.61 Å². The van der Waals surface area contributed by atoms with Gasteiger partial charge in [-0.15, -0.1) is 0 Å². The molecule has 0 heterocycles. The number of rotatable bonds is 4. The summed E-state index contributed by atoms with van der Waals surface area (Å²) >= 11 is 0. The molecular formula is C21H22N2O3. The molecule has 0 spiro atoms. The molecule has 0 radical (unpaired) electrons. The number of nitrogens with one attached hydrogen (secondary N) is 1. The minimum Gasteiger partial charge on any atom is -0.452 e. The molecule has 0 unspecified atom stereocenters. The molecule has 1 amide bonds. The number of amides is 1. The largest absolute Gasteiger partial charge is 0.452 e. The van der Waals surface area contributed by atoms with Gasteiger partial charge in [0, 0.05) is 5.69 Å². The summed E-state index contributed by atoms with van der Waals surface area (Å²) in [6.07, 6.45) is 0. The van der Waals surface area contributed by atoms with Crippen molar-refractivity contribution < 1.29 is 14.3 Å². The molecular weight excluding hydrogens is 328 g/mol. The van der Waals surface area contributed by atoms with Crippen molar-refractivity contribution in [2.24, 2.45) is 0 Å². The van der Waals surface area contributed by atoms with Crippen LogP contribution in [0.25, 0.3) is 0 Å². The molecule has 1 N–H and O–H groups in total. The summed E-state index contributed by atoms with van der Waals surface area (Å²) in [6, 6.07) is 8.54. The number of ether oxygens (including phenoxy) is 1. The first-order valence-electron chi connectivity index (χ1n) is 8.30. The number of hydrogen-bond donors (Lipinski definition) is 1. The van der Waals surface area contributed by atoms with E-state index in [1.165, 1.54) is 0 Å². The van der Waals surface area contributed by atoms with Crippen molar-refractivity contribution in [2.75, 3.05) is 11.9 Å². The van der Waals surface area contributed by atoms with E-state index in [1.807, 2.05) is 40.7 Å². The van der Waals surface area contributed by atoms with Gasteiger partial charge in [0.15, 0.2) is 6.61 Å². The average molecular weight is 350 g/mol. The first-order valence-corrected chi connectivity index (χ1v) is 8.30. The summed E-state index contributed by atoms with van der Waals surface area (Å²) in [5.74, 6) is -0.962. The van der Waals surface area contributed by atoms with Crippen molar-refractivity contribution in [3.8, 4) is 6.07 Å². The number of esters is 1. The molecule has 0 bridgehead atoms. The molecule has 2 rings (SSSR count). The maximum absolute atomic E-state index is 12.5. The smallest absolute Gasteiger partial charge is 0.339 e. The SMILES string of the molecule is Cc1c(C)c(C)c(C(=O)OCC(=O)Nc2cccc(C#N)c2)c(C)c1C. The Bertz CT molecular complexity index is 895. The first kappa shape index (κ1) is 19.2. The minimum absolute atomic E-state index is 0.388. The van der Waals surface area contributed by atoms with Gasteiger partial charge in [0.2, 0.25) is 0 Å². The van der Waals surface area contributed by atoms with Crippen molar-refractivity contribution in [2.45, 2.75) is 34.6 Å². The first-order chi connectivity index (χ1) is 12.3. The third-order valence-corrected chi connectivity index (χ3v) is 4.81. The van der Waals surface area contributed by atoms with E-state index in [4.69, 9.17) is 10.00 Å². The normalized spacial score (nSPS) is 10.2. The van der Waals surface area contributed by atoms with Crippen LogP contribution in [0.5, 0.6) is 0 Å². The molecule has 0 aromatic heterocycles. The standard InChI is InChI=1S/C21H22N2O3/c1-12-13(2)15(4)20(16(5)14(12)3)21(25)26-11-19(24)23-18-8-6-7-17(9-18)10-22/h6-9H,11H2,1-5H3,(H,23,24). The zero-order valence-electron chi connectivity index (χ0n) is 15.7. The Morgan fingerprint density at radius 3 is 2.15 bits per heavy atom. The van der Waals surface area contributed by atoms with Gasteiger partial charge in [0.1, 0.15) is 0 Å². The quantitative estimate of drug-likeness (QED) is 0.848. The van der Waals surface area contributed by atoms with E-state index < -0.39 is 11.9 Å². The number of benzene rings is 2. The third-order valence-electron chi connectivity index (χ3n) is 4.81. The molecule has 0 aliphatic carbocycles. The van der Waals surface area contributed by atoms with E-state index in [1.54, 1.807) is 24.3 Å². The van der Waals surface area contributed by atoms with E-state index >= 15 is 0 Å². The molecule has 5 heteroatoms. The average Bonchev–Trinajstić information content (AvgIpc) is 2.63. The summed E-state index contributed by atoms with van der Waals surface area (Å²) in [5, 5.41) is 11.5. The molecule has 134 valence electrons. The number of nitrogens with zero attached hydrogens (tertiary/aromatic N) is 1. The van der Waals surface area contributed by atoms with Crippen molar-refractivity contribution in [3.05, 3.63) is 63.2 Å². The molecule has 2 aromatic rings. The molecule has 26 heavy (non-hydrogen) atoms. The van der Waals surface area contributed by atoms with Crippen molar-refractivity contribution >= 4 is 17.6 Å². The van der Waals surface area contributed by atoms with Crippen LogP contribution in [-0.2, 0) is 9.53 Å². The van der Waals surface area contributed by atoms with Crippen LogP contribution < -0.4 is 5.32 Å². The lowest BCUT2D eigenvalue weighted by Gasteiger charge is -2.17. The fourth-order valence-corrected chi connectivity index (χ4v) is 2.87. The molecule has 0 fully saturated rings. The Balaban J connectivity index is 2.09. The second-order valence-electron chi connectivity index (χ2n) is 6.32. The molecule has 0 aliphatic heterocycles. The van der Waals surface area contributed by atoms with Gasteiger partial charge in [0.25, 0.3) is 5.91 Å². The Morgan fingerprint density at radius 2 is 1.58 bits per heavy atom. The summed E-state index contributed by atoms with van der Waals surface area (Å²) in [7, 11) is 0. The van der Waals surface area contributed by atoms with Gasteiger partial charge in [0.05, 0.1) is 17.2 Å². The van der Waals surface area contributed by atoms with Gasteiger partial charge in [-0.2, -0.15) is 5.26 Å². The van der Waals surface area contributed by atoms with Gasteiger partial charge >= 0.3 is 5.97 Å². The zero-order valence-corrected chi connectivity index (χ0v) is 15.7. The molecule has 0 saturated heterocycles. The lowest BCUT2D eigenvalue weighted by Crippen LogP contribution is -2.22. The minimum atomic E-state index is -0.507. The van der Waals surface area contributed by atoms with E-state index in [0.717, 1.165) is 27.8 Å². The topological polar surface area (TPSA) is 79.2 Å². The predicted molar refractivity (Wildman–Crippen MR) is 100 cm³/mol. The van der Waals surface area contributed by atoms with Crippen LogP contribution in [0, 0.1) is 45.9 Å². The van der Waals surface area contributed by atoms with Crippen LogP contribution >= 0.6 is 0 Å². The second kappa shape index (κ2) is 7.83. The van der Waals surface area contributed by atoms with E-state index in [9.17, 15) is 9.59 Å². The molecule has 2 aromatic carbocycles. The highest BCUT2D eigenvalue weighted by Gasteiger charge is 2.20. The number of carbonyl (C=O) groups excluding carboxylic acids is 2. The lowest BCUT2D eigenvalue weighted by molar-refractivity contribution is -0.119. The van der Waals surface area contributed by atoms with E-state index in [2.05, 4.69) is 5.32 Å². The fourth-order valence-electron chi connectivity index (χ4n) is 2.87. The van der Waals surface area contributed by atoms with Crippen LogP contribution in [0.4, 0.5) is 5.69 Å². The van der Waals surface area contributed by atoms with Crippen molar-refractivity contribution in [3.63, 3.8) is 0 Å². The number of anilines is 1. The Morgan fingerprint density at radius 1 is 1.00 bits per heavy atom. The van der Waals surface area contributed by atoms with Gasteiger partial charge in [-0.05, 0) is 80.6 Å². The summed E-state index contributed by atoms with van der Waals surface area (Å²) < 4.78 is 5.21. The highest BCUT2D eigenvalue weighted by atomic mass is 16.5. The monoisotopic (exact) mass is 350 g/mol. The maximum atomic E-state index is 12.5. The highest BCUT2D eigenvalue weighted by molar-refractivity contribution is 5.97. The molecule has 0 saturated carbocycles. The predicted octanol–water partition coefficient (Wildman–Crippen LogP) is 3.90. The van der Waals surface area contributed by atoms with Gasteiger partial charge < -0.3 is 10.1 Å². The summed E-state index contributed by atoms with van der Waals surface area (Å²) in [6.45, 7) is 9.37. The molecule has 5 nitrogen and oxygen atoms in total. The molecule has 0 atom stereocenters. The summed E-state index contributed by atoms with van der Waals surface area (Å²) in [4.78, 5) is 24.5. The van der Waals surface area contributed by atoms with Gasteiger partial charge in [-0.1, -0.05) is 6.07 Å². The molecule has 0 aliphatic rings. The van der Waals surface area contributed by atoms with Crippen LogP contribution in [0.15, 0.2) is 24.3 Å². The Kier molecular flexibility index (Phi) is 5.78. The fraction of sp³-hybridized carbons (Fsp3) is 0.286. The zero-order chi connectivity index (χ0) is 19.4. The lowest BCUT2D eigenvalue weighted by atomic mass is 9.90. The Hall–Kier alpha value is -3.13. The number of carbonyl (C=O) groups is 2. The third kappa shape index (κ3) is 3.92. The van der Waals surface area contributed by atoms with E-state index in [0.29, 0.717) is 16.8 Å². The number of nitriles is 1.